The third-order valence-electron chi connectivity index (χ3n) is 4.07. The van der Waals surface area contributed by atoms with E-state index in [0.29, 0.717) is 11.4 Å². The third kappa shape index (κ3) is 3.17. The van der Waals surface area contributed by atoms with Crippen LogP contribution in [0, 0.1) is 10.1 Å². The summed E-state index contributed by atoms with van der Waals surface area (Å²) in [5.41, 5.74) is 1.16. The number of dihydropyridines is 1. The van der Waals surface area contributed by atoms with Crippen LogP contribution in [-0.4, -0.2) is 40.1 Å². The minimum atomic E-state index is -1.05. The van der Waals surface area contributed by atoms with Gasteiger partial charge in [-0.25, -0.2) is 9.59 Å². The molecule has 0 fully saturated rings. The molecule has 0 amide bonds. The highest BCUT2D eigenvalue weighted by Crippen LogP contribution is 2.41. The highest BCUT2D eigenvalue weighted by Gasteiger charge is 2.43. The highest BCUT2D eigenvalue weighted by atomic mass is 16.6. The smallest absolute Gasteiger partial charge is 0.385 e. The molecule has 140 valence electrons. The van der Waals surface area contributed by atoms with Crippen molar-refractivity contribution in [3.05, 3.63) is 44.7 Å². The van der Waals surface area contributed by atoms with Crippen LogP contribution in [0.4, 0.5) is 5.82 Å². The molecule has 0 aromatic carbocycles. The van der Waals surface area contributed by atoms with Gasteiger partial charge >= 0.3 is 17.8 Å². The van der Waals surface area contributed by atoms with Crippen molar-refractivity contribution in [2.24, 2.45) is 7.05 Å². The van der Waals surface area contributed by atoms with Crippen molar-refractivity contribution in [2.45, 2.75) is 26.7 Å². The molecule has 0 spiro atoms. The lowest BCUT2D eigenvalue weighted by molar-refractivity contribution is -0.390. The van der Waals surface area contributed by atoms with Gasteiger partial charge in [0.1, 0.15) is 5.69 Å². The van der Waals surface area contributed by atoms with E-state index in [0.717, 1.165) is 0 Å². The average Bonchev–Trinajstić information content (AvgIpc) is 2.95. The molecule has 0 bridgehead atoms. The summed E-state index contributed by atoms with van der Waals surface area (Å²) in [5.74, 6) is -2.87. The number of aromatic nitrogens is 2. The lowest BCUT2D eigenvalue weighted by Crippen LogP contribution is -2.33. The number of nitro groups is 1. The van der Waals surface area contributed by atoms with E-state index in [1.165, 1.54) is 18.0 Å². The number of hydrogen-bond donors (Lipinski definition) is 1. The zero-order valence-corrected chi connectivity index (χ0v) is 15.2. The van der Waals surface area contributed by atoms with Crippen LogP contribution in [0.1, 0.15) is 32.4 Å². The number of allylic oxidation sites excluding steroid dienone is 2. The van der Waals surface area contributed by atoms with Gasteiger partial charge in [0.25, 0.3) is 0 Å². The minimum Gasteiger partial charge on any atom is -0.466 e. The summed E-state index contributed by atoms with van der Waals surface area (Å²) in [6.45, 7) is 5.03. The molecular weight excluding hydrogens is 344 g/mol. The van der Waals surface area contributed by atoms with Gasteiger partial charge in [-0.2, -0.15) is 0 Å². The summed E-state index contributed by atoms with van der Waals surface area (Å²) in [4.78, 5) is 39.6. The summed E-state index contributed by atoms with van der Waals surface area (Å²) in [6, 6.07) is 0. The van der Waals surface area contributed by atoms with E-state index in [1.807, 2.05) is 0 Å². The van der Waals surface area contributed by atoms with E-state index in [1.54, 1.807) is 27.8 Å². The summed E-state index contributed by atoms with van der Waals surface area (Å²) >= 11 is 0. The predicted octanol–water partition coefficient (Wildman–Crippen LogP) is 1.30. The van der Waals surface area contributed by atoms with Crippen LogP contribution in [0.3, 0.4) is 0 Å². The van der Waals surface area contributed by atoms with Crippen molar-refractivity contribution >= 4 is 17.8 Å². The number of methoxy groups -OCH3 is 1. The first kappa shape index (κ1) is 19.2. The molecule has 10 nitrogen and oxygen atoms in total. The van der Waals surface area contributed by atoms with E-state index in [-0.39, 0.29) is 23.4 Å². The number of aryl methyl sites for hydroxylation is 1. The zero-order valence-electron chi connectivity index (χ0n) is 15.2. The van der Waals surface area contributed by atoms with Crippen LogP contribution in [0.25, 0.3) is 0 Å². The van der Waals surface area contributed by atoms with Gasteiger partial charge in [-0.1, -0.05) is 0 Å². The van der Waals surface area contributed by atoms with Crippen molar-refractivity contribution in [1.29, 1.82) is 0 Å². The summed E-state index contributed by atoms with van der Waals surface area (Å²) in [6.07, 6.45) is 1.26. The van der Waals surface area contributed by atoms with Gasteiger partial charge in [0, 0.05) is 18.4 Å². The van der Waals surface area contributed by atoms with Gasteiger partial charge in [0.2, 0.25) is 6.33 Å². The molecule has 0 saturated carbocycles. The van der Waals surface area contributed by atoms with Crippen LogP contribution in [0.15, 0.2) is 28.9 Å². The third-order valence-corrected chi connectivity index (χ3v) is 4.07. The van der Waals surface area contributed by atoms with Gasteiger partial charge in [-0.15, -0.1) is 0 Å². The quantitative estimate of drug-likeness (QED) is 0.471. The fourth-order valence-corrected chi connectivity index (χ4v) is 3.03. The fourth-order valence-electron chi connectivity index (χ4n) is 3.03. The molecule has 1 unspecified atom stereocenters. The zero-order chi connectivity index (χ0) is 19.6. The number of imidazole rings is 1. The number of carbonyl (C=O) groups excluding carboxylic acids is 2. The summed E-state index contributed by atoms with van der Waals surface area (Å²) < 4.78 is 11.4. The highest BCUT2D eigenvalue weighted by molar-refractivity contribution is 6.00. The first-order valence-corrected chi connectivity index (χ1v) is 7.84. The number of nitrogens with one attached hydrogen (secondary N) is 1. The SMILES string of the molecule is CCOC(=O)C1=C(C)NC(C)=C(C(=O)OC)C1c1c([N+](=O)[O-])ncn1C. The molecule has 26 heavy (non-hydrogen) atoms. The lowest BCUT2D eigenvalue weighted by Gasteiger charge is -2.29. The average molecular weight is 364 g/mol. The fraction of sp³-hybridized carbons (Fsp3) is 0.438. The summed E-state index contributed by atoms with van der Waals surface area (Å²) in [5, 5.41) is 14.4. The molecule has 1 aromatic heterocycles. The molecule has 1 atom stereocenters. The molecule has 0 radical (unpaired) electrons. The van der Waals surface area contributed by atoms with Crippen LogP contribution in [-0.2, 0) is 26.1 Å². The van der Waals surface area contributed by atoms with Crippen molar-refractivity contribution in [2.75, 3.05) is 13.7 Å². The first-order valence-electron chi connectivity index (χ1n) is 7.84. The molecule has 1 N–H and O–H groups in total. The number of carbonyl (C=O) groups is 2. The second-order valence-electron chi connectivity index (χ2n) is 5.67. The number of hydrogen-bond acceptors (Lipinski definition) is 8. The maximum atomic E-state index is 12.6. The van der Waals surface area contributed by atoms with Gasteiger partial charge in [-0.05, 0) is 30.7 Å². The standard InChI is InChI=1S/C16H20N4O6/c1-6-26-16(22)11-9(3)18-8(2)10(15(21)25-5)12(11)13-14(20(23)24)17-7-19(13)4/h7,12,18H,6H2,1-5H3. The van der Waals surface area contributed by atoms with E-state index in [2.05, 4.69) is 10.3 Å². The van der Waals surface area contributed by atoms with Crippen molar-refractivity contribution in [3.8, 4) is 0 Å². The number of rotatable bonds is 5. The molecule has 2 rings (SSSR count). The van der Waals surface area contributed by atoms with Crippen LogP contribution in [0.2, 0.25) is 0 Å². The van der Waals surface area contributed by atoms with Crippen LogP contribution >= 0.6 is 0 Å². The van der Waals surface area contributed by atoms with E-state index in [4.69, 9.17) is 9.47 Å². The van der Waals surface area contributed by atoms with Gasteiger partial charge in [0.15, 0.2) is 0 Å². The molecular formula is C16H20N4O6. The Morgan fingerprint density at radius 2 is 1.88 bits per heavy atom. The van der Waals surface area contributed by atoms with E-state index in [9.17, 15) is 19.7 Å². The second kappa shape index (κ2) is 7.38. The van der Waals surface area contributed by atoms with E-state index >= 15 is 0 Å². The van der Waals surface area contributed by atoms with Gasteiger partial charge < -0.3 is 29.5 Å². The molecule has 0 saturated heterocycles. The minimum absolute atomic E-state index is 0.0906. The molecule has 1 aliphatic rings. The topological polar surface area (TPSA) is 126 Å². The molecule has 1 aromatic rings. The van der Waals surface area contributed by atoms with Gasteiger partial charge in [-0.3, -0.25) is 0 Å². The Bertz CT molecular complexity index is 836. The first-order chi connectivity index (χ1) is 12.2. The number of nitrogens with zero attached hydrogens (tertiary/aromatic N) is 3. The molecule has 1 aliphatic heterocycles. The van der Waals surface area contributed by atoms with Crippen molar-refractivity contribution < 1.29 is 24.0 Å². The molecule has 2 heterocycles. The Kier molecular flexibility index (Phi) is 5.44. The predicted molar refractivity (Wildman–Crippen MR) is 89.8 cm³/mol. The lowest BCUT2D eigenvalue weighted by atomic mass is 9.82. The maximum Gasteiger partial charge on any atom is 0.385 e. The van der Waals surface area contributed by atoms with E-state index < -0.39 is 28.6 Å². The number of ether oxygens (including phenoxy) is 2. The summed E-state index contributed by atoms with van der Waals surface area (Å²) in [7, 11) is 2.76. The van der Waals surface area contributed by atoms with Crippen molar-refractivity contribution in [3.63, 3.8) is 0 Å². The Morgan fingerprint density at radius 1 is 1.31 bits per heavy atom. The van der Waals surface area contributed by atoms with Crippen LogP contribution < -0.4 is 5.32 Å². The largest absolute Gasteiger partial charge is 0.466 e. The Morgan fingerprint density at radius 3 is 2.38 bits per heavy atom. The number of esters is 2. The maximum absolute atomic E-state index is 12.6. The second-order valence-corrected chi connectivity index (χ2v) is 5.67. The van der Waals surface area contributed by atoms with Gasteiger partial charge in [0.05, 0.1) is 30.8 Å². The Balaban J connectivity index is 2.80. The normalized spacial score (nSPS) is 17.0. The van der Waals surface area contributed by atoms with Crippen LogP contribution in [0.5, 0.6) is 0 Å². The Labute approximate surface area is 149 Å². The molecule has 10 heteroatoms. The Hall–Kier alpha value is -3.17. The molecule has 0 aliphatic carbocycles. The van der Waals surface area contributed by atoms with Crippen molar-refractivity contribution in [1.82, 2.24) is 14.9 Å². The monoisotopic (exact) mass is 364 g/mol.